The minimum atomic E-state index is 0. The molecule has 0 saturated carbocycles. The second kappa shape index (κ2) is 14.7. The summed E-state index contributed by atoms with van der Waals surface area (Å²) in [6.07, 6.45) is 20.2. The van der Waals surface area contributed by atoms with E-state index in [1.54, 1.807) is 0 Å². The Labute approximate surface area is 143 Å². The topological polar surface area (TPSA) is 6.48 Å². The molecule has 0 spiro atoms. The fraction of sp³-hybridized carbons (Fsp3) is 0.889. The van der Waals surface area contributed by atoms with Crippen LogP contribution in [-0.4, -0.2) is 29.6 Å². The highest BCUT2D eigenvalue weighted by Crippen LogP contribution is 2.12. The summed E-state index contributed by atoms with van der Waals surface area (Å²) >= 11 is 0. The number of nitrogens with zero attached hydrogens (tertiary/aromatic N) is 2. The molecule has 0 fully saturated rings. The summed E-state index contributed by atoms with van der Waals surface area (Å²) in [6.45, 7) is 7.98. The first-order valence-electron chi connectivity index (χ1n) is 9.03. The van der Waals surface area contributed by atoms with Gasteiger partial charge in [0.1, 0.15) is 0 Å². The van der Waals surface area contributed by atoms with Crippen molar-refractivity contribution in [2.45, 2.75) is 84.5 Å². The molecule has 0 radical (unpaired) electrons. The third-order valence-electron chi connectivity index (χ3n) is 4.31. The minimum absolute atomic E-state index is 0. The van der Waals surface area contributed by atoms with Gasteiger partial charge in [-0.25, -0.2) is 0 Å². The van der Waals surface area contributed by atoms with Crippen molar-refractivity contribution in [1.29, 1.82) is 0 Å². The Morgan fingerprint density at radius 3 is 1.62 bits per heavy atom. The molecule has 1 rings (SSSR count). The average molecular weight is 361 g/mol. The summed E-state index contributed by atoms with van der Waals surface area (Å²) in [5.41, 5.74) is 0. The first-order chi connectivity index (χ1) is 9.86. The second-order valence-electron chi connectivity index (χ2n) is 6.19. The summed E-state index contributed by atoms with van der Waals surface area (Å²) in [4.78, 5) is 4.80. The lowest BCUT2D eigenvalue weighted by molar-refractivity contribution is 0.268. The van der Waals surface area contributed by atoms with Crippen molar-refractivity contribution in [3.63, 3.8) is 0 Å². The van der Waals surface area contributed by atoms with Crippen LogP contribution in [0, 0.1) is 0 Å². The number of halogens is 1. The van der Waals surface area contributed by atoms with E-state index in [1.807, 2.05) is 0 Å². The fourth-order valence-corrected chi connectivity index (χ4v) is 2.85. The Balaban J connectivity index is 0.00000400. The Bertz CT molecular complexity index is 243. The highest BCUT2D eigenvalue weighted by atomic mass is 79.9. The molecule has 0 aliphatic carbocycles. The van der Waals surface area contributed by atoms with Gasteiger partial charge in [0.15, 0.2) is 0 Å². The third-order valence-corrected chi connectivity index (χ3v) is 4.31. The van der Waals surface area contributed by atoms with E-state index in [2.05, 4.69) is 36.0 Å². The van der Waals surface area contributed by atoms with Gasteiger partial charge in [0.2, 0.25) is 0 Å². The summed E-state index contributed by atoms with van der Waals surface area (Å²) in [6, 6.07) is 0. The van der Waals surface area contributed by atoms with Crippen LogP contribution < -0.4 is 0 Å². The Kier molecular flexibility index (Phi) is 14.6. The standard InChI is InChI=1S/C18H36N2.BrH/c1-3-5-6-7-8-9-10-11-12-13-14-15-20-17-16-19(4-2)18-20;/h16-17H,3-15,18H2,1-2H3;1H. The van der Waals surface area contributed by atoms with Crippen LogP contribution >= 0.6 is 17.0 Å². The molecule has 0 aromatic heterocycles. The lowest BCUT2D eigenvalue weighted by Crippen LogP contribution is -2.25. The van der Waals surface area contributed by atoms with Gasteiger partial charge in [-0.2, -0.15) is 0 Å². The van der Waals surface area contributed by atoms with Crippen molar-refractivity contribution < 1.29 is 0 Å². The number of hydrogen-bond acceptors (Lipinski definition) is 2. The lowest BCUT2D eigenvalue weighted by atomic mass is 10.1. The minimum Gasteiger partial charge on any atom is -0.359 e. The van der Waals surface area contributed by atoms with E-state index in [1.165, 1.54) is 77.2 Å². The van der Waals surface area contributed by atoms with E-state index in [0.717, 1.165) is 13.2 Å². The van der Waals surface area contributed by atoms with Crippen molar-refractivity contribution in [1.82, 2.24) is 9.80 Å². The summed E-state index contributed by atoms with van der Waals surface area (Å²) in [5, 5.41) is 0. The zero-order chi connectivity index (χ0) is 14.5. The first kappa shape index (κ1) is 20.8. The number of rotatable bonds is 13. The maximum absolute atomic E-state index is 2.44. The molecule has 0 aromatic carbocycles. The van der Waals surface area contributed by atoms with Crippen molar-refractivity contribution in [2.75, 3.05) is 19.8 Å². The fourth-order valence-electron chi connectivity index (χ4n) is 2.85. The molecule has 0 aromatic rings. The Morgan fingerprint density at radius 2 is 1.14 bits per heavy atom. The van der Waals surface area contributed by atoms with Gasteiger partial charge in [0.05, 0.1) is 6.67 Å². The molecule has 3 heteroatoms. The quantitative estimate of drug-likeness (QED) is 0.375. The van der Waals surface area contributed by atoms with Gasteiger partial charge in [0, 0.05) is 25.5 Å². The molecule has 0 saturated heterocycles. The molecule has 126 valence electrons. The smallest absolute Gasteiger partial charge is 0.0893 e. The zero-order valence-electron chi connectivity index (χ0n) is 14.4. The lowest BCUT2D eigenvalue weighted by Gasteiger charge is -2.19. The SMILES string of the molecule is Br.CCCCCCCCCCCCCN1C=CN(CC)C1. The van der Waals surface area contributed by atoms with E-state index in [9.17, 15) is 0 Å². The van der Waals surface area contributed by atoms with Gasteiger partial charge in [0.25, 0.3) is 0 Å². The van der Waals surface area contributed by atoms with E-state index < -0.39 is 0 Å². The average Bonchev–Trinajstić information content (AvgIpc) is 2.93. The highest BCUT2D eigenvalue weighted by molar-refractivity contribution is 8.93. The van der Waals surface area contributed by atoms with Crippen LogP contribution in [0.1, 0.15) is 84.5 Å². The molecule has 1 heterocycles. The van der Waals surface area contributed by atoms with Gasteiger partial charge in [-0.1, -0.05) is 71.1 Å². The molecule has 0 amide bonds. The molecule has 21 heavy (non-hydrogen) atoms. The van der Waals surface area contributed by atoms with Gasteiger partial charge in [-0.05, 0) is 13.3 Å². The molecule has 0 unspecified atom stereocenters. The molecule has 0 atom stereocenters. The number of unbranched alkanes of at least 4 members (excludes halogenated alkanes) is 10. The molecule has 0 bridgehead atoms. The Morgan fingerprint density at radius 1 is 0.667 bits per heavy atom. The van der Waals surface area contributed by atoms with Gasteiger partial charge >= 0.3 is 0 Å². The predicted molar refractivity (Wildman–Crippen MR) is 99.9 cm³/mol. The van der Waals surface area contributed by atoms with Crippen LogP contribution in [0.3, 0.4) is 0 Å². The number of hydrogen-bond donors (Lipinski definition) is 0. The molecule has 2 nitrogen and oxygen atoms in total. The molecule has 1 aliphatic rings. The zero-order valence-corrected chi connectivity index (χ0v) is 16.1. The van der Waals surface area contributed by atoms with Gasteiger partial charge in [-0.15, -0.1) is 17.0 Å². The van der Waals surface area contributed by atoms with Crippen LogP contribution in [0.15, 0.2) is 12.4 Å². The predicted octanol–water partition coefficient (Wildman–Crippen LogP) is 5.94. The molecular weight excluding hydrogens is 324 g/mol. The van der Waals surface area contributed by atoms with Crippen molar-refractivity contribution in [3.05, 3.63) is 12.4 Å². The van der Waals surface area contributed by atoms with Crippen LogP contribution in [-0.2, 0) is 0 Å². The van der Waals surface area contributed by atoms with Crippen LogP contribution in [0.5, 0.6) is 0 Å². The van der Waals surface area contributed by atoms with E-state index in [-0.39, 0.29) is 17.0 Å². The largest absolute Gasteiger partial charge is 0.359 e. The van der Waals surface area contributed by atoms with E-state index in [0.29, 0.717) is 0 Å². The third kappa shape index (κ3) is 11.1. The van der Waals surface area contributed by atoms with E-state index in [4.69, 9.17) is 0 Å². The first-order valence-corrected chi connectivity index (χ1v) is 9.03. The van der Waals surface area contributed by atoms with Crippen LogP contribution in [0.2, 0.25) is 0 Å². The van der Waals surface area contributed by atoms with Crippen molar-refractivity contribution in [3.8, 4) is 0 Å². The molecule has 0 N–H and O–H groups in total. The Hall–Kier alpha value is -0.180. The summed E-state index contributed by atoms with van der Waals surface area (Å²) in [5.74, 6) is 0. The van der Waals surface area contributed by atoms with Crippen LogP contribution in [0.25, 0.3) is 0 Å². The monoisotopic (exact) mass is 360 g/mol. The van der Waals surface area contributed by atoms with Crippen molar-refractivity contribution >= 4 is 17.0 Å². The van der Waals surface area contributed by atoms with Crippen LogP contribution in [0.4, 0.5) is 0 Å². The van der Waals surface area contributed by atoms with Crippen molar-refractivity contribution in [2.24, 2.45) is 0 Å². The summed E-state index contributed by atoms with van der Waals surface area (Å²) in [7, 11) is 0. The normalized spacial score (nSPS) is 13.8. The maximum atomic E-state index is 2.44. The van der Waals surface area contributed by atoms with Gasteiger partial charge < -0.3 is 9.80 Å². The second-order valence-corrected chi connectivity index (χ2v) is 6.19. The van der Waals surface area contributed by atoms with E-state index >= 15 is 0 Å². The summed E-state index contributed by atoms with van der Waals surface area (Å²) < 4.78 is 0. The molecular formula is C18H37BrN2. The van der Waals surface area contributed by atoms with Gasteiger partial charge in [-0.3, -0.25) is 0 Å². The molecule has 1 aliphatic heterocycles. The highest BCUT2D eigenvalue weighted by Gasteiger charge is 2.08. The maximum Gasteiger partial charge on any atom is 0.0893 e.